The van der Waals surface area contributed by atoms with E-state index in [1.165, 1.54) is 6.07 Å². The van der Waals surface area contributed by atoms with Gasteiger partial charge in [0.25, 0.3) is 0 Å². The van der Waals surface area contributed by atoms with Crippen LogP contribution < -0.4 is 5.32 Å². The first-order valence-corrected chi connectivity index (χ1v) is 11.4. The van der Waals surface area contributed by atoms with E-state index < -0.39 is 0 Å². The Labute approximate surface area is 192 Å². The summed E-state index contributed by atoms with van der Waals surface area (Å²) in [6.07, 6.45) is 3.43. The van der Waals surface area contributed by atoms with Gasteiger partial charge in [0.05, 0.1) is 10.7 Å². The first kappa shape index (κ1) is 22.7. The maximum atomic E-state index is 14.5. The molecule has 170 valence electrons. The number of anilines is 2. The van der Waals surface area contributed by atoms with E-state index in [1.807, 2.05) is 13.0 Å². The number of hydrogen-bond acceptors (Lipinski definition) is 4. The minimum atomic E-state index is -0.343. The van der Waals surface area contributed by atoms with Crippen LogP contribution >= 0.6 is 11.6 Å². The molecule has 0 bridgehead atoms. The number of halogens is 3. The van der Waals surface area contributed by atoms with Gasteiger partial charge in [0.15, 0.2) is 5.82 Å². The van der Waals surface area contributed by atoms with Gasteiger partial charge < -0.3 is 5.32 Å². The average Bonchev–Trinajstić information content (AvgIpc) is 3.08. The van der Waals surface area contributed by atoms with Crippen molar-refractivity contribution in [1.82, 2.24) is 20.1 Å². The average molecular weight is 460 g/mol. The zero-order chi connectivity index (χ0) is 22.7. The van der Waals surface area contributed by atoms with Crippen molar-refractivity contribution in [2.24, 2.45) is 5.92 Å². The first-order chi connectivity index (χ1) is 15.4. The summed E-state index contributed by atoms with van der Waals surface area (Å²) in [5, 5.41) is 10.3. The van der Waals surface area contributed by atoms with Gasteiger partial charge in [-0.25, -0.2) is 13.8 Å². The smallest absolute Gasteiger partial charge is 0.153 e. The predicted octanol–water partition coefficient (Wildman–Crippen LogP) is 6.02. The Morgan fingerprint density at radius 2 is 2.06 bits per heavy atom. The fourth-order valence-electron chi connectivity index (χ4n) is 4.45. The monoisotopic (exact) mass is 459 g/mol. The van der Waals surface area contributed by atoms with Crippen molar-refractivity contribution in [3.63, 3.8) is 0 Å². The third-order valence-electron chi connectivity index (χ3n) is 6.12. The second-order valence-electron chi connectivity index (χ2n) is 8.67. The summed E-state index contributed by atoms with van der Waals surface area (Å²) in [7, 11) is 0. The molecule has 3 heterocycles. The van der Waals surface area contributed by atoms with Crippen LogP contribution in [-0.2, 0) is 13.0 Å². The molecule has 4 rings (SSSR count). The lowest BCUT2D eigenvalue weighted by Gasteiger charge is -2.28. The van der Waals surface area contributed by atoms with Crippen LogP contribution in [0.1, 0.15) is 43.1 Å². The van der Waals surface area contributed by atoms with E-state index in [4.69, 9.17) is 11.6 Å². The molecule has 1 aliphatic heterocycles. The van der Waals surface area contributed by atoms with Crippen molar-refractivity contribution in [3.05, 3.63) is 70.0 Å². The highest BCUT2D eigenvalue weighted by atomic mass is 35.5. The molecule has 2 aromatic heterocycles. The van der Waals surface area contributed by atoms with Crippen LogP contribution in [0.2, 0.25) is 5.02 Å². The minimum Gasteiger partial charge on any atom is -0.323 e. The number of pyridine rings is 1. The Bertz CT molecular complexity index is 1070. The maximum absolute atomic E-state index is 14.5. The summed E-state index contributed by atoms with van der Waals surface area (Å²) in [4.78, 5) is 6.80. The summed E-state index contributed by atoms with van der Waals surface area (Å²) < 4.78 is 28.9. The van der Waals surface area contributed by atoms with E-state index in [9.17, 15) is 8.78 Å². The zero-order valence-electron chi connectivity index (χ0n) is 18.3. The topological polar surface area (TPSA) is 56.8 Å². The summed E-state index contributed by atoms with van der Waals surface area (Å²) in [5.74, 6) is 0.907. The third-order valence-corrected chi connectivity index (χ3v) is 6.42. The van der Waals surface area contributed by atoms with Crippen LogP contribution in [0.25, 0.3) is 0 Å². The molecule has 1 aromatic carbocycles. The number of nitrogens with zero attached hydrogens (tertiary/aromatic N) is 3. The summed E-state index contributed by atoms with van der Waals surface area (Å²) in [5.41, 5.74) is 2.01. The van der Waals surface area contributed by atoms with E-state index in [0.29, 0.717) is 41.8 Å². The number of H-pyrrole nitrogens is 1. The van der Waals surface area contributed by atoms with Crippen LogP contribution in [0, 0.1) is 24.5 Å². The van der Waals surface area contributed by atoms with Gasteiger partial charge in [0.1, 0.15) is 17.5 Å². The van der Waals surface area contributed by atoms with Crippen LogP contribution in [0.4, 0.5) is 20.4 Å². The molecule has 3 aromatic rings. The maximum Gasteiger partial charge on any atom is 0.153 e. The van der Waals surface area contributed by atoms with Crippen LogP contribution in [-0.4, -0.2) is 32.7 Å². The SMILES string of the molecule is Cc1cc(Nc2ccc(F)c(C[C@H]3CCCN(Cc4cccc(Cl)c4F)[C@H](C)C3)n2)n[nH]1. The van der Waals surface area contributed by atoms with E-state index in [-0.39, 0.29) is 22.7 Å². The van der Waals surface area contributed by atoms with Crippen molar-refractivity contribution >= 4 is 23.2 Å². The molecule has 0 amide bonds. The number of hydrogen-bond donors (Lipinski definition) is 2. The minimum absolute atomic E-state index is 0.155. The molecule has 0 saturated carbocycles. The molecule has 2 N–H and O–H groups in total. The van der Waals surface area contributed by atoms with E-state index in [1.54, 1.807) is 24.3 Å². The number of rotatable bonds is 6. The Balaban J connectivity index is 1.42. The molecule has 0 unspecified atom stereocenters. The highest BCUT2D eigenvalue weighted by Crippen LogP contribution is 2.29. The molecule has 1 aliphatic rings. The second kappa shape index (κ2) is 9.96. The van der Waals surface area contributed by atoms with Crippen LogP contribution in [0.15, 0.2) is 36.4 Å². The fourth-order valence-corrected chi connectivity index (χ4v) is 4.64. The van der Waals surface area contributed by atoms with Gasteiger partial charge in [0.2, 0.25) is 0 Å². The molecular weight excluding hydrogens is 432 g/mol. The predicted molar refractivity (Wildman–Crippen MR) is 123 cm³/mol. The largest absolute Gasteiger partial charge is 0.323 e. The lowest BCUT2D eigenvalue weighted by Crippen LogP contribution is -2.33. The highest BCUT2D eigenvalue weighted by Gasteiger charge is 2.25. The summed E-state index contributed by atoms with van der Waals surface area (Å²) >= 11 is 5.95. The summed E-state index contributed by atoms with van der Waals surface area (Å²) in [6.45, 7) is 5.47. The second-order valence-corrected chi connectivity index (χ2v) is 9.07. The molecule has 0 radical (unpaired) electrons. The molecule has 2 atom stereocenters. The highest BCUT2D eigenvalue weighted by molar-refractivity contribution is 6.30. The Kier molecular flexibility index (Phi) is 7.06. The first-order valence-electron chi connectivity index (χ1n) is 11.0. The van der Waals surface area contributed by atoms with Crippen molar-refractivity contribution in [1.29, 1.82) is 0 Å². The zero-order valence-corrected chi connectivity index (χ0v) is 19.1. The van der Waals surface area contributed by atoms with Crippen LogP contribution in [0.5, 0.6) is 0 Å². The molecule has 32 heavy (non-hydrogen) atoms. The third kappa shape index (κ3) is 5.45. The number of aromatic nitrogens is 3. The Hall–Kier alpha value is -2.51. The molecule has 1 saturated heterocycles. The molecule has 5 nitrogen and oxygen atoms in total. The van der Waals surface area contributed by atoms with E-state index in [0.717, 1.165) is 31.5 Å². The summed E-state index contributed by atoms with van der Waals surface area (Å²) in [6, 6.07) is 10.3. The number of likely N-dealkylation sites (tertiary alicyclic amines) is 1. The normalized spacial score (nSPS) is 19.7. The number of aromatic amines is 1. The molecule has 0 spiro atoms. The van der Waals surface area contributed by atoms with Gasteiger partial charge in [0, 0.05) is 29.9 Å². The van der Waals surface area contributed by atoms with Crippen LogP contribution in [0.3, 0.4) is 0 Å². The molecule has 1 fully saturated rings. The number of nitrogens with one attached hydrogen (secondary N) is 2. The fraction of sp³-hybridized carbons (Fsp3) is 0.417. The lowest BCUT2D eigenvalue weighted by atomic mass is 9.92. The van der Waals surface area contributed by atoms with Crippen molar-refractivity contribution < 1.29 is 8.78 Å². The Morgan fingerprint density at radius 3 is 2.84 bits per heavy atom. The van der Waals surface area contributed by atoms with Gasteiger partial charge in [-0.05, 0) is 70.2 Å². The lowest BCUT2D eigenvalue weighted by molar-refractivity contribution is 0.194. The van der Waals surface area contributed by atoms with Crippen molar-refractivity contribution in [3.8, 4) is 0 Å². The number of aryl methyl sites for hydroxylation is 1. The van der Waals surface area contributed by atoms with Gasteiger partial charge in [-0.3, -0.25) is 10.00 Å². The van der Waals surface area contributed by atoms with Gasteiger partial charge in [-0.1, -0.05) is 23.7 Å². The molecule has 0 aliphatic carbocycles. The number of benzene rings is 1. The van der Waals surface area contributed by atoms with Gasteiger partial charge in [-0.15, -0.1) is 0 Å². The molecular formula is C24H28ClF2N5. The van der Waals surface area contributed by atoms with E-state index >= 15 is 0 Å². The molecule has 8 heteroatoms. The van der Waals surface area contributed by atoms with Crippen molar-refractivity contribution in [2.45, 2.75) is 52.1 Å². The standard InChI is InChI=1S/C24H28ClF2N5/c1-15-11-23(31-30-15)29-22-9-8-20(26)21(28-22)13-17-5-4-10-32(16(2)12-17)14-18-6-3-7-19(25)24(18)27/h3,6-9,11,16-17H,4-5,10,12-14H2,1-2H3,(H2,28,29,30,31)/t16-,17+/m1/s1. The van der Waals surface area contributed by atoms with Gasteiger partial charge in [-0.2, -0.15) is 5.10 Å². The van der Waals surface area contributed by atoms with E-state index in [2.05, 4.69) is 32.3 Å². The van der Waals surface area contributed by atoms with Gasteiger partial charge >= 0.3 is 0 Å². The van der Waals surface area contributed by atoms with Crippen molar-refractivity contribution in [2.75, 3.05) is 11.9 Å². The Morgan fingerprint density at radius 1 is 1.22 bits per heavy atom. The quantitative estimate of drug-likeness (QED) is 0.473.